The molecule has 23 heavy (non-hydrogen) atoms. The predicted octanol–water partition coefficient (Wildman–Crippen LogP) is 4.23. The zero-order valence-electron chi connectivity index (χ0n) is 12.8. The molecular weight excluding hydrogens is 304 g/mol. The number of H-pyrrole nitrogens is 1. The molecule has 0 unspecified atom stereocenters. The number of aryl methyl sites for hydroxylation is 3. The number of nitrogens with zero attached hydrogens (tertiary/aromatic N) is 1. The van der Waals surface area contributed by atoms with Crippen molar-refractivity contribution in [2.24, 2.45) is 0 Å². The highest BCUT2D eigenvalue weighted by atomic mass is 32.1. The molecule has 2 aromatic carbocycles. The number of pyridine rings is 1. The maximum Gasteiger partial charge on any atom is 0.197 e. The third kappa shape index (κ3) is 2.45. The van der Waals surface area contributed by atoms with Crippen molar-refractivity contribution in [2.75, 3.05) is 0 Å². The van der Waals surface area contributed by atoms with Crippen molar-refractivity contribution in [2.45, 2.75) is 19.8 Å². The molecular formula is C19H16N2OS. The number of para-hydroxylation sites is 1. The van der Waals surface area contributed by atoms with Gasteiger partial charge < -0.3 is 4.98 Å². The summed E-state index contributed by atoms with van der Waals surface area (Å²) in [5.41, 5.74) is 5.99. The first-order chi connectivity index (χ1) is 11.2. The Hall–Kier alpha value is -2.46. The Morgan fingerprint density at radius 2 is 1.87 bits per heavy atom. The zero-order chi connectivity index (χ0) is 15.8. The molecule has 0 amide bonds. The lowest BCUT2D eigenvalue weighted by Gasteiger charge is -2.08. The Kier molecular flexibility index (Phi) is 3.46. The second kappa shape index (κ2) is 5.63. The molecule has 3 nitrogen and oxygen atoms in total. The fraction of sp³-hybridized carbons (Fsp3) is 0.158. The first kappa shape index (κ1) is 14.2. The summed E-state index contributed by atoms with van der Waals surface area (Å²) in [6.07, 6.45) is 1.77. The number of nitrogens with one attached hydrogen (secondary N) is 1. The highest BCUT2D eigenvalue weighted by Gasteiger charge is 2.10. The van der Waals surface area contributed by atoms with Crippen LogP contribution in [0.1, 0.15) is 16.1 Å². The van der Waals surface area contributed by atoms with E-state index in [0.717, 1.165) is 45.9 Å². The molecule has 2 heterocycles. The number of hydrogen-bond donors (Lipinski definition) is 1. The van der Waals surface area contributed by atoms with Crippen LogP contribution in [0.2, 0.25) is 0 Å². The molecule has 114 valence electrons. The first-order valence-corrected chi connectivity index (χ1v) is 8.53. The topological polar surface area (TPSA) is 45.8 Å². The van der Waals surface area contributed by atoms with Crippen LogP contribution in [-0.4, -0.2) is 9.97 Å². The molecule has 0 aliphatic rings. The van der Waals surface area contributed by atoms with Crippen LogP contribution < -0.4 is 5.43 Å². The van der Waals surface area contributed by atoms with E-state index >= 15 is 0 Å². The summed E-state index contributed by atoms with van der Waals surface area (Å²) in [5, 5.41) is 1.56. The molecule has 4 aromatic rings. The number of fused-ring (bicyclic) bond motifs is 2. The van der Waals surface area contributed by atoms with Crippen LogP contribution in [0.5, 0.6) is 0 Å². The fourth-order valence-corrected chi connectivity index (χ4v) is 3.85. The lowest BCUT2D eigenvalue weighted by atomic mass is 10.0. The SMILES string of the molecule is Cc1ncsc1CCc1cccc2[nH]c3ccccc3c(=O)c12. The van der Waals surface area contributed by atoms with Crippen molar-refractivity contribution >= 4 is 33.1 Å². The van der Waals surface area contributed by atoms with Gasteiger partial charge in [-0.05, 0) is 43.5 Å². The Bertz CT molecular complexity index is 1060. The maximum absolute atomic E-state index is 12.9. The molecule has 4 heteroatoms. The highest BCUT2D eigenvalue weighted by molar-refractivity contribution is 7.09. The normalized spacial score (nSPS) is 11.3. The Labute approximate surface area is 137 Å². The first-order valence-electron chi connectivity index (χ1n) is 7.65. The van der Waals surface area contributed by atoms with E-state index in [4.69, 9.17) is 0 Å². The van der Waals surface area contributed by atoms with E-state index < -0.39 is 0 Å². The van der Waals surface area contributed by atoms with Crippen LogP contribution in [0.15, 0.2) is 52.8 Å². The van der Waals surface area contributed by atoms with Crippen LogP contribution in [0.3, 0.4) is 0 Å². The van der Waals surface area contributed by atoms with Crippen LogP contribution in [-0.2, 0) is 12.8 Å². The molecule has 0 fully saturated rings. The predicted molar refractivity (Wildman–Crippen MR) is 96.3 cm³/mol. The monoisotopic (exact) mass is 320 g/mol. The minimum Gasteiger partial charge on any atom is -0.354 e. The van der Waals surface area contributed by atoms with E-state index in [1.54, 1.807) is 11.3 Å². The summed E-state index contributed by atoms with van der Waals surface area (Å²) in [6.45, 7) is 2.04. The lowest BCUT2D eigenvalue weighted by molar-refractivity contribution is 0.969. The number of hydrogen-bond acceptors (Lipinski definition) is 3. The van der Waals surface area contributed by atoms with Gasteiger partial charge in [0.15, 0.2) is 5.43 Å². The molecule has 0 bridgehead atoms. The average Bonchev–Trinajstić information content (AvgIpc) is 2.98. The molecule has 0 atom stereocenters. The van der Waals surface area contributed by atoms with Gasteiger partial charge in [0.1, 0.15) is 0 Å². The van der Waals surface area contributed by atoms with Gasteiger partial charge in [0.25, 0.3) is 0 Å². The molecule has 0 radical (unpaired) electrons. The number of aromatic amines is 1. The summed E-state index contributed by atoms with van der Waals surface area (Å²) in [4.78, 5) is 21.9. The molecule has 0 spiro atoms. The van der Waals surface area contributed by atoms with E-state index in [2.05, 4.69) is 16.0 Å². The lowest BCUT2D eigenvalue weighted by Crippen LogP contribution is -2.07. The summed E-state index contributed by atoms with van der Waals surface area (Å²) in [5.74, 6) is 0. The van der Waals surface area contributed by atoms with Gasteiger partial charge in [-0.25, -0.2) is 4.98 Å². The maximum atomic E-state index is 12.9. The van der Waals surface area contributed by atoms with Crippen LogP contribution in [0.4, 0.5) is 0 Å². The molecule has 1 N–H and O–H groups in total. The minimum atomic E-state index is 0.117. The van der Waals surface area contributed by atoms with Crippen molar-refractivity contribution in [1.29, 1.82) is 0 Å². The number of benzene rings is 2. The second-order valence-corrected chi connectivity index (χ2v) is 6.64. The van der Waals surface area contributed by atoms with Gasteiger partial charge in [-0.15, -0.1) is 11.3 Å². The molecule has 0 aliphatic heterocycles. The van der Waals surface area contributed by atoms with Gasteiger partial charge >= 0.3 is 0 Å². The summed E-state index contributed by atoms with van der Waals surface area (Å²) < 4.78 is 0. The molecule has 0 aliphatic carbocycles. The average molecular weight is 320 g/mol. The van der Waals surface area contributed by atoms with Gasteiger partial charge in [0.2, 0.25) is 0 Å². The Morgan fingerprint density at radius 1 is 1.04 bits per heavy atom. The minimum absolute atomic E-state index is 0.117. The van der Waals surface area contributed by atoms with Gasteiger partial charge in [0, 0.05) is 21.2 Å². The van der Waals surface area contributed by atoms with E-state index in [9.17, 15) is 4.79 Å². The van der Waals surface area contributed by atoms with Gasteiger partial charge in [-0.2, -0.15) is 0 Å². The molecule has 0 saturated carbocycles. The van der Waals surface area contributed by atoms with Gasteiger partial charge in [0.05, 0.1) is 16.7 Å². The zero-order valence-corrected chi connectivity index (χ0v) is 13.6. The number of thiazole rings is 1. The van der Waals surface area contributed by atoms with E-state index in [0.29, 0.717) is 0 Å². The highest BCUT2D eigenvalue weighted by Crippen LogP contribution is 2.21. The van der Waals surface area contributed by atoms with Crippen LogP contribution in [0.25, 0.3) is 21.8 Å². The van der Waals surface area contributed by atoms with E-state index in [-0.39, 0.29) is 5.43 Å². The summed E-state index contributed by atoms with van der Waals surface area (Å²) in [7, 11) is 0. The smallest absolute Gasteiger partial charge is 0.197 e. The number of rotatable bonds is 3. The van der Waals surface area contributed by atoms with Crippen molar-refractivity contribution < 1.29 is 0 Å². The summed E-state index contributed by atoms with van der Waals surface area (Å²) >= 11 is 1.68. The van der Waals surface area contributed by atoms with Gasteiger partial charge in [-0.1, -0.05) is 24.3 Å². The Balaban J connectivity index is 1.85. The third-order valence-electron chi connectivity index (χ3n) is 4.29. The molecule has 2 aromatic heterocycles. The van der Waals surface area contributed by atoms with Crippen LogP contribution in [0, 0.1) is 6.92 Å². The van der Waals surface area contributed by atoms with Crippen molar-refractivity contribution in [3.05, 3.63) is 74.3 Å². The quantitative estimate of drug-likeness (QED) is 0.574. The van der Waals surface area contributed by atoms with Crippen molar-refractivity contribution in [3.63, 3.8) is 0 Å². The largest absolute Gasteiger partial charge is 0.354 e. The fourth-order valence-electron chi connectivity index (χ4n) is 3.06. The molecule has 4 rings (SSSR count). The molecule has 0 saturated heterocycles. The number of aromatic nitrogens is 2. The van der Waals surface area contributed by atoms with E-state index in [1.165, 1.54) is 4.88 Å². The van der Waals surface area contributed by atoms with Gasteiger partial charge in [-0.3, -0.25) is 4.79 Å². The standard InChI is InChI=1S/C19H16N2OS/c1-12-17(23-11-20-12)10-9-13-5-4-8-16-18(13)19(22)14-6-2-3-7-15(14)21-16/h2-8,11H,9-10H2,1H3,(H,21,22). The van der Waals surface area contributed by atoms with Crippen molar-refractivity contribution in [3.8, 4) is 0 Å². The summed E-state index contributed by atoms with van der Waals surface area (Å²) in [6, 6.07) is 13.7. The third-order valence-corrected chi connectivity index (χ3v) is 5.28. The van der Waals surface area contributed by atoms with Crippen LogP contribution >= 0.6 is 11.3 Å². The Morgan fingerprint density at radius 3 is 2.70 bits per heavy atom. The van der Waals surface area contributed by atoms with E-state index in [1.807, 2.05) is 48.8 Å². The van der Waals surface area contributed by atoms with Crippen molar-refractivity contribution in [1.82, 2.24) is 9.97 Å². The second-order valence-electron chi connectivity index (χ2n) is 5.70.